The third-order valence-corrected chi connectivity index (χ3v) is 4.24. The van der Waals surface area contributed by atoms with Gasteiger partial charge in [0.2, 0.25) is 11.8 Å². The Morgan fingerprint density at radius 2 is 1.67 bits per heavy atom. The maximum atomic E-state index is 12.2. The number of methoxy groups -OCH3 is 1. The molecule has 0 saturated heterocycles. The monoisotopic (exact) mass is 370 g/mol. The summed E-state index contributed by atoms with van der Waals surface area (Å²) < 4.78 is 10.7. The lowest BCUT2D eigenvalue weighted by Gasteiger charge is -2.21. The lowest BCUT2D eigenvalue weighted by Crippen LogP contribution is -2.41. The van der Waals surface area contributed by atoms with Crippen LogP contribution in [0.4, 0.5) is 5.69 Å². The first kappa shape index (κ1) is 20.3. The van der Waals surface area contributed by atoms with Gasteiger partial charge < -0.3 is 19.7 Å². The number of nitrogens with one attached hydrogen (secondary N) is 1. The summed E-state index contributed by atoms with van der Waals surface area (Å²) in [5.41, 5.74) is 2.93. The van der Waals surface area contributed by atoms with Crippen molar-refractivity contribution in [1.82, 2.24) is 5.32 Å². The molecule has 2 amide bonds. The van der Waals surface area contributed by atoms with Crippen molar-refractivity contribution in [3.05, 3.63) is 53.6 Å². The highest BCUT2D eigenvalue weighted by Crippen LogP contribution is 2.19. The molecule has 0 radical (unpaired) electrons. The fourth-order valence-corrected chi connectivity index (χ4v) is 2.51. The van der Waals surface area contributed by atoms with E-state index in [0.29, 0.717) is 18.9 Å². The number of hydrogen-bond donors (Lipinski definition) is 1. The smallest absolute Gasteiger partial charge is 0.240 e. The van der Waals surface area contributed by atoms with Crippen LogP contribution in [0.15, 0.2) is 42.5 Å². The first-order valence-electron chi connectivity index (χ1n) is 8.79. The summed E-state index contributed by atoms with van der Waals surface area (Å²) in [6.45, 7) is 6.10. The highest BCUT2D eigenvalue weighted by Gasteiger charge is 2.16. The van der Waals surface area contributed by atoms with Crippen LogP contribution in [0, 0.1) is 13.8 Å². The Bertz CT molecular complexity index is 787. The zero-order valence-electron chi connectivity index (χ0n) is 16.2. The second kappa shape index (κ2) is 9.62. The number of nitrogens with zero attached hydrogens (tertiary/aromatic N) is 1. The van der Waals surface area contributed by atoms with Crippen molar-refractivity contribution in [3.8, 4) is 11.5 Å². The summed E-state index contributed by atoms with van der Waals surface area (Å²) in [7, 11) is 1.60. The molecule has 0 fully saturated rings. The maximum Gasteiger partial charge on any atom is 0.240 e. The molecule has 1 N–H and O–H groups in total. The molecule has 6 nitrogen and oxygen atoms in total. The molecular weight excluding hydrogens is 344 g/mol. The molecule has 0 aliphatic rings. The molecular formula is C21H26N2O4. The van der Waals surface area contributed by atoms with E-state index in [4.69, 9.17) is 9.47 Å². The minimum atomic E-state index is -0.234. The van der Waals surface area contributed by atoms with Gasteiger partial charge in [-0.3, -0.25) is 9.59 Å². The molecule has 2 rings (SSSR count). The standard InChI is InChI=1S/C21H26N2O4/c1-15-5-6-18(13-16(15)2)23(17(3)24)14-21(25)22-11-12-27-20-9-7-19(26-4)8-10-20/h5-10,13H,11-12,14H2,1-4H3,(H,22,25). The summed E-state index contributed by atoms with van der Waals surface area (Å²) in [4.78, 5) is 25.6. The molecule has 6 heteroatoms. The summed E-state index contributed by atoms with van der Waals surface area (Å²) in [5, 5.41) is 2.77. The SMILES string of the molecule is COc1ccc(OCCNC(=O)CN(C(C)=O)c2ccc(C)c(C)c2)cc1. The molecule has 0 heterocycles. The average Bonchev–Trinajstić information content (AvgIpc) is 2.66. The van der Waals surface area contributed by atoms with Crippen LogP contribution in [0.1, 0.15) is 18.1 Å². The van der Waals surface area contributed by atoms with Gasteiger partial charge in [0.1, 0.15) is 24.7 Å². The normalized spacial score (nSPS) is 10.2. The van der Waals surface area contributed by atoms with Crippen LogP contribution < -0.4 is 19.7 Å². The van der Waals surface area contributed by atoms with Crippen LogP contribution in [0.2, 0.25) is 0 Å². The summed E-state index contributed by atoms with van der Waals surface area (Å²) in [6.07, 6.45) is 0. The zero-order chi connectivity index (χ0) is 19.8. The van der Waals surface area contributed by atoms with Crippen LogP contribution in [-0.2, 0) is 9.59 Å². The van der Waals surface area contributed by atoms with E-state index in [9.17, 15) is 9.59 Å². The third-order valence-electron chi connectivity index (χ3n) is 4.24. The number of carbonyl (C=O) groups is 2. The number of rotatable bonds is 8. The topological polar surface area (TPSA) is 67.9 Å². The van der Waals surface area contributed by atoms with Gasteiger partial charge in [0.15, 0.2) is 0 Å². The molecule has 0 aromatic heterocycles. The van der Waals surface area contributed by atoms with Crippen molar-refractivity contribution in [3.63, 3.8) is 0 Å². The molecule has 0 atom stereocenters. The third kappa shape index (κ3) is 6.02. The highest BCUT2D eigenvalue weighted by molar-refractivity contribution is 5.97. The fraction of sp³-hybridized carbons (Fsp3) is 0.333. The minimum absolute atomic E-state index is 0.0274. The first-order chi connectivity index (χ1) is 12.9. The lowest BCUT2D eigenvalue weighted by molar-refractivity contribution is -0.123. The molecule has 0 saturated carbocycles. The quantitative estimate of drug-likeness (QED) is 0.726. The molecule has 144 valence electrons. The van der Waals surface area contributed by atoms with E-state index in [2.05, 4.69) is 5.32 Å². The zero-order valence-corrected chi connectivity index (χ0v) is 16.2. The van der Waals surface area contributed by atoms with Gasteiger partial charge in [0.25, 0.3) is 0 Å². The van der Waals surface area contributed by atoms with Gasteiger partial charge in [-0.25, -0.2) is 0 Å². The van der Waals surface area contributed by atoms with Gasteiger partial charge in [-0.2, -0.15) is 0 Å². The number of carbonyl (C=O) groups excluding carboxylic acids is 2. The van der Waals surface area contributed by atoms with E-state index in [1.165, 1.54) is 11.8 Å². The van der Waals surface area contributed by atoms with Crippen molar-refractivity contribution in [1.29, 1.82) is 0 Å². The first-order valence-corrected chi connectivity index (χ1v) is 8.79. The molecule has 0 aliphatic carbocycles. The van der Waals surface area contributed by atoms with E-state index < -0.39 is 0 Å². The predicted molar refractivity (Wildman–Crippen MR) is 105 cm³/mol. The Kier molecular flexibility index (Phi) is 7.23. The Balaban J connectivity index is 1.83. The second-order valence-corrected chi connectivity index (χ2v) is 6.25. The highest BCUT2D eigenvalue weighted by atomic mass is 16.5. The second-order valence-electron chi connectivity index (χ2n) is 6.25. The number of anilines is 1. The summed E-state index contributed by atoms with van der Waals surface area (Å²) >= 11 is 0. The van der Waals surface area contributed by atoms with E-state index in [0.717, 1.165) is 22.6 Å². The van der Waals surface area contributed by atoms with Crippen LogP contribution in [0.25, 0.3) is 0 Å². The van der Waals surface area contributed by atoms with E-state index in [1.807, 2.05) is 44.2 Å². The van der Waals surface area contributed by atoms with Gasteiger partial charge in [-0.15, -0.1) is 0 Å². The van der Waals surface area contributed by atoms with Crippen LogP contribution >= 0.6 is 0 Å². The van der Waals surface area contributed by atoms with Gasteiger partial charge in [0.05, 0.1) is 13.7 Å². The average molecular weight is 370 g/mol. The molecule has 0 spiro atoms. The van der Waals surface area contributed by atoms with Gasteiger partial charge >= 0.3 is 0 Å². The molecule has 0 bridgehead atoms. The van der Waals surface area contributed by atoms with Crippen LogP contribution in [-0.4, -0.2) is 38.6 Å². The van der Waals surface area contributed by atoms with E-state index in [-0.39, 0.29) is 18.4 Å². The van der Waals surface area contributed by atoms with E-state index >= 15 is 0 Å². The Hall–Kier alpha value is -3.02. The van der Waals surface area contributed by atoms with Gasteiger partial charge in [-0.05, 0) is 61.4 Å². The molecule has 0 unspecified atom stereocenters. The number of hydrogen-bond acceptors (Lipinski definition) is 4. The fourth-order valence-electron chi connectivity index (χ4n) is 2.51. The maximum absolute atomic E-state index is 12.2. The Labute approximate surface area is 160 Å². The summed E-state index contributed by atoms with van der Waals surface area (Å²) in [6, 6.07) is 12.9. The minimum Gasteiger partial charge on any atom is -0.497 e. The Morgan fingerprint density at radius 3 is 2.26 bits per heavy atom. The predicted octanol–water partition coefficient (Wildman–Crippen LogP) is 2.86. The number of ether oxygens (including phenoxy) is 2. The van der Waals surface area contributed by atoms with Crippen molar-refractivity contribution in [2.45, 2.75) is 20.8 Å². The number of aryl methyl sites for hydroxylation is 2. The van der Waals surface area contributed by atoms with Crippen LogP contribution in [0.3, 0.4) is 0 Å². The molecule has 2 aromatic rings. The Morgan fingerprint density at radius 1 is 1.00 bits per heavy atom. The molecule has 0 aliphatic heterocycles. The summed E-state index contributed by atoms with van der Waals surface area (Å²) in [5.74, 6) is 1.04. The van der Waals surface area contributed by atoms with Crippen molar-refractivity contribution < 1.29 is 19.1 Å². The largest absolute Gasteiger partial charge is 0.497 e. The van der Waals surface area contributed by atoms with Crippen LogP contribution in [0.5, 0.6) is 11.5 Å². The molecule has 2 aromatic carbocycles. The number of benzene rings is 2. The van der Waals surface area contributed by atoms with Crippen molar-refractivity contribution in [2.75, 3.05) is 31.7 Å². The number of amides is 2. The molecule has 27 heavy (non-hydrogen) atoms. The van der Waals surface area contributed by atoms with Crippen molar-refractivity contribution >= 4 is 17.5 Å². The van der Waals surface area contributed by atoms with Gasteiger partial charge in [-0.1, -0.05) is 6.07 Å². The lowest BCUT2D eigenvalue weighted by atomic mass is 10.1. The van der Waals surface area contributed by atoms with Crippen molar-refractivity contribution in [2.24, 2.45) is 0 Å². The van der Waals surface area contributed by atoms with E-state index in [1.54, 1.807) is 19.2 Å². The van der Waals surface area contributed by atoms with Gasteiger partial charge in [0, 0.05) is 12.6 Å².